The lowest BCUT2D eigenvalue weighted by molar-refractivity contribution is -0.384. The van der Waals surface area contributed by atoms with Crippen molar-refractivity contribution in [3.05, 3.63) is 63.7 Å². The highest BCUT2D eigenvalue weighted by atomic mass is 32.2. The minimum atomic E-state index is -4.71. The van der Waals surface area contributed by atoms with Gasteiger partial charge in [0.2, 0.25) is 10.0 Å². The molecule has 1 aliphatic rings. The highest BCUT2D eigenvalue weighted by Gasteiger charge is 2.35. The summed E-state index contributed by atoms with van der Waals surface area (Å²) in [6, 6.07) is 9.59. The zero-order valence-corrected chi connectivity index (χ0v) is 16.2. The summed E-state index contributed by atoms with van der Waals surface area (Å²) in [4.78, 5) is 11.9. The Labute approximate surface area is 169 Å². The molecule has 0 aromatic heterocycles. The van der Waals surface area contributed by atoms with Crippen molar-refractivity contribution in [1.82, 2.24) is 4.31 Å². The van der Waals surface area contributed by atoms with Crippen LogP contribution in [0, 0.1) is 21.4 Å². The number of benzene rings is 2. The molecule has 8 nitrogen and oxygen atoms in total. The molecule has 2 aromatic rings. The van der Waals surface area contributed by atoms with E-state index >= 15 is 0 Å². The van der Waals surface area contributed by atoms with Gasteiger partial charge in [-0.3, -0.25) is 10.1 Å². The number of hydrogen-bond acceptors (Lipinski definition) is 6. The van der Waals surface area contributed by atoms with Gasteiger partial charge in [-0.2, -0.15) is 22.7 Å². The molecule has 1 heterocycles. The molecule has 0 spiro atoms. The lowest BCUT2D eigenvalue weighted by atomic mass is 10.1. The number of rotatable bonds is 4. The average Bonchev–Trinajstić information content (AvgIpc) is 2.72. The minimum Gasteiger partial charge on any atom is -0.363 e. The molecule has 0 amide bonds. The van der Waals surface area contributed by atoms with Crippen LogP contribution < -0.4 is 4.90 Å². The third kappa shape index (κ3) is 4.22. The van der Waals surface area contributed by atoms with Crippen LogP contribution in [-0.4, -0.2) is 43.8 Å². The first kappa shape index (κ1) is 21.5. The number of sulfonamides is 1. The van der Waals surface area contributed by atoms with Gasteiger partial charge in [0, 0.05) is 32.2 Å². The second-order valence-electron chi connectivity index (χ2n) is 6.49. The van der Waals surface area contributed by atoms with E-state index in [-0.39, 0.29) is 36.8 Å². The Morgan fingerprint density at radius 1 is 1.03 bits per heavy atom. The lowest BCUT2D eigenvalue weighted by Gasteiger charge is -2.35. The highest BCUT2D eigenvalue weighted by Crippen LogP contribution is 2.37. The number of alkyl halides is 3. The van der Waals surface area contributed by atoms with Gasteiger partial charge in [-0.05, 0) is 36.4 Å². The van der Waals surface area contributed by atoms with E-state index in [0.717, 1.165) is 12.1 Å². The van der Waals surface area contributed by atoms with Crippen molar-refractivity contribution in [3.63, 3.8) is 0 Å². The number of nitro groups is 1. The van der Waals surface area contributed by atoms with Crippen LogP contribution in [0.1, 0.15) is 11.1 Å². The van der Waals surface area contributed by atoms with Gasteiger partial charge in [-0.25, -0.2) is 8.42 Å². The van der Waals surface area contributed by atoms with Gasteiger partial charge in [0.15, 0.2) is 0 Å². The molecular formula is C18H15F3N4O4S. The van der Waals surface area contributed by atoms with E-state index < -0.39 is 32.4 Å². The first-order valence-corrected chi connectivity index (χ1v) is 10.1. The normalized spacial score (nSPS) is 15.6. The van der Waals surface area contributed by atoms with E-state index in [9.17, 15) is 31.7 Å². The van der Waals surface area contributed by atoms with Gasteiger partial charge in [0.05, 0.1) is 27.0 Å². The summed E-state index contributed by atoms with van der Waals surface area (Å²) in [5.41, 5.74) is -1.50. The molecule has 158 valence electrons. The first-order valence-electron chi connectivity index (χ1n) is 8.65. The molecule has 1 saturated heterocycles. The molecule has 0 radical (unpaired) electrons. The standard InChI is InChI=1S/C18H15F3N4O4S/c19-18(20,21)14-3-6-16(17(11-14)25(26)27)23-7-9-24(10-8-23)30(28,29)15-4-1-13(12-22)2-5-15/h1-6,11H,7-10H2. The van der Waals surface area contributed by atoms with Gasteiger partial charge in [0.25, 0.3) is 5.69 Å². The molecule has 1 aliphatic heterocycles. The summed E-state index contributed by atoms with van der Waals surface area (Å²) in [7, 11) is -3.83. The van der Waals surface area contributed by atoms with Gasteiger partial charge in [-0.15, -0.1) is 0 Å². The van der Waals surface area contributed by atoms with Crippen LogP contribution in [0.4, 0.5) is 24.5 Å². The van der Waals surface area contributed by atoms with E-state index in [0.29, 0.717) is 11.6 Å². The molecule has 0 unspecified atom stereocenters. The number of nitriles is 1. The monoisotopic (exact) mass is 440 g/mol. The van der Waals surface area contributed by atoms with Gasteiger partial charge < -0.3 is 4.90 Å². The number of halogens is 3. The molecule has 0 atom stereocenters. The summed E-state index contributed by atoms with van der Waals surface area (Å²) in [5, 5.41) is 20.1. The Kier molecular flexibility index (Phi) is 5.69. The number of nitro benzene ring substituents is 1. The highest BCUT2D eigenvalue weighted by molar-refractivity contribution is 7.89. The number of anilines is 1. The van der Waals surface area contributed by atoms with Crippen molar-refractivity contribution in [2.75, 3.05) is 31.1 Å². The van der Waals surface area contributed by atoms with Crippen LogP contribution >= 0.6 is 0 Å². The van der Waals surface area contributed by atoms with Gasteiger partial charge in [-0.1, -0.05) is 0 Å². The van der Waals surface area contributed by atoms with Crippen LogP contribution in [0.3, 0.4) is 0 Å². The smallest absolute Gasteiger partial charge is 0.363 e. The van der Waals surface area contributed by atoms with Crippen LogP contribution in [0.5, 0.6) is 0 Å². The largest absolute Gasteiger partial charge is 0.416 e. The molecule has 0 saturated carbocycles. The van der Waals surface area contributed by atoms with E-state index in [1.54, 1.807) is 0 Å². The predicted molar refractivity (Wildman–Crippen MR) is 100 cm³/mol. The summed E-state index contributed by atoms with van der Waals surface area (Å²) in [6.07, 6.45) is -4.71. The second-order valence-corrected chi connectivity index (χ2v) is 8.42. The maximum absolute atomic E-state index is 12.9. The Morgan fingerprint density at radius 2 is 1.63 bits per heavy atom. The molecule has 3 rings (SSSR count). The number of hydrogen-bond donors (Lipinski definition) is 0. The van der Waals surface area contributed by atoms with Crippen molar-refractivity contribution in [3.8, 4) is 6.07 Å². The number of nitrogens with zero attached hydrogens (tertiary/aromatic N) is 4. The number of piperazine rings is 1. The predicted octanol–water partition coefficient (Wildman–Crippen LogP) is 3.00. The Bertz CT molecular complexity index is 1100. The molecule has 30 heavy (non-hydrogen) atoms. The topological polar surface area (TPSA) is 108 Å². The van der Waals surface area contributed by atoms with Crippen molar-refractivity contribution < 1.29 is 26.5 Å². The van der Waals surface area contributed by atoms with Crippen LogP contribution in [-0.2, 0) is 16.2 Å². The molecule has 1 fully saturated rings. The van der Waals surface area contributed by atoms with E-state index in [1.165, 1.54) is 33.5 Å². The summed E-state index contributed by atoms with van der Waals surface area (Å²) < 4.78 is 65.3. The van der Waals surface area contributed by atoms with Crippen molar-refractivity contribution in [1.29, 1.82) is 5.26 Å². The molecule has 0 aliphatic carbocycles. The maximum Gasteiger partial charge on any atom is 0.416 e. The van der Waals surface area contributed by atoms with Gasteiger partial charge in [0.1, 0.15) is 5.69 Å². The zero-order chi connectivity index (χ0) is 22.1. The second kappa shape index (κ2) is 7.92. The van der Waals surface area contributed by atoms with Crippen molar-refractivity contribution >= 4 is 21.4 Å². The van der Waals surface area contributed by atoms with Crippen LogP contribution in [0.15, 0.2) is 47.4 Å². The Morgan fingerprint density at radius 3 is 2.13 bits per heavy atom. The van der Waals surface area contributed by atoms with E-state index in [4.69, 9.17) is 5.26 Å². The zero-order valence-electron chi connectivity index (χ0n) is 15.3. The lowest BCUT2D eigenvalue weighted by Crippen LogP contribution is -2.48. The molecule has 0 bridgehead atoms. The summed E-state index contributed by atoms with van der Waals surface area (Å²) >= 11 is 0. The van der Waals surface area contributed by atoms with Crippen LogP contribution in [0.2, 0.25) is 0 Å². The molecule has 12 heteroatoms. The molecule has 2 aromatic carbocycles. The Balaban J connectivity index is 1.80. The van der Waals surface area contributed by atoms with Crippen molar-refractivity contribution in [2.45, 2.75) is 11.1 Å². The SMILES string of the molecule is N#Cc1ccc(S(=O)(=O)N2CCN(c3ccc(C(F)(F)F)cc3[N+](=O)[O-])CC2)cc1. The average molecular weight is 440 g/mol. The van der Waals surface area contributed by atoms with Crippen LogP contribution in [0.25, 0.3) is 0 Å². The fourth-order valence-electron chi connectivity index (χ4n) is 3.13. The third-order valence-electron chi connectivity index (χ3n) is 4.70. The fraction of sp³-hybridized carbons (Fsp3) is 0.278. The Hall–Kier alpha value is -3.17. The van der Waals surface area contributed by atoms with Crippen molar-refractivity contribution in [2.24, 2.45) is 0 Å². The maximum atomic E-state index is 12.9. The fourth-order valence-corrected chi connectivity index (χ4v) is 4.56. The summed E-state index contributed by atoms with van der Waals surface area (Å²) in [6.45, 7) is 0.143. The first-order chi connectivity index (χ1) is 14.0. The molecular weight excluding hydrogens is 425 g/mol. The quantitative estimate of drug-likeness (QED) is 0.534. The van der Waals surface area contributed by atoms with Gasteiger partial charge >= 0.3 is 6.18 Å². The summed E-state index contributed by atoms with van der Waals surface area (Å²) in [5.74, 6) is 0. The van der Waals surface area contributed by atoms with E-state index in [2.05, 4.69) is 0 Å². The third-order valence-corrected chi connectivity index (χ3v) is 6.61. The molecule has 0 N–H and O–H groups in total. The van der Waals surface area contributed by atoms with E-state index in [1.807, 2.05) is 6.07 Å². The minimum absolute atomic E-state index is 0.000507.